The van der Waals surface area contributed by atoms with Gasteiger partial charge in [0.1, 0.15) is 16.3 Å². The van der Waals surface area contributed by atoms with Gasteiger partial charge in [-0.05, 0) is 43.2 Å². The number of rotatable bonds is 8. The number of amides is 1. The number of pyridine rings is 1. The molecule has 1 aromatic carbocycles. The van der Waals surface area contributed by atoms with Crippen molar-refractivity contribution in [3.63, 3.8) is 0 Å². The molecule has 0 unspecified atom stereocenters. The maximum Gasteiger partial charge on any atom is 0.263 e. The van der Waals surface area contributed by atoms with Gasteiger partial charge in [0.2, 0.25) is 5.91 Å². The number of hydrogen-bond donors (Lipinski definition) is 1. The fourth-order valence-electron chi connectivity index (χ4n) is 3.45. The van der Waals surface area contributed by atoms with E-state index in [1.54, 1.807) is 42.3 Å². The van der Waals surface area contributed by atoms with E-state index in [0.717, 1.165) is 16.0 Å². The van der Waals surface area contributed by atoms with Gasteiger partial charge in [-0.1, -0.05) is 17.8 Å². The number of thiophene rings is 1. The molecule has 34 heavy (non-hydrogen) atoms. The second-order valence-electron chi connectivity index (χ2n) is 7.51. The molecule has 1 N–H and O–H groups in total. The molecule has 4 rings (SSSR count). The lowest BCUT2D eigenvalue weighted by atomic mass is 10.2. The van der Waals surface area contributed by atoms with E-state index in [0.29, 0.717) is 39.1 Å². The first-order valence-corrected chi connectivity index (χ1v) is 12.3. The van der Waals surface area contributed by atoms with Crippen LogP contribution < -0.4 is 20.3 Å². The first-order valence-electron chi connectivity index (χ1n) is 10.5. The van der Waals surface area contributed by atoms with Crippen LogP contribution in [0.4, 0.5) is 5.69 Å². The number of thioether (sulfide) groups is 1. The summed E-state index contributed by atoms with van der Waals surface area (Å²) in [5, 5.41) is 3.97. The molecule has 0 atom stereocenters. The second kappa shape index (κ2) is 10.3. The van der Waals surface area contributed by atoms with E-state index in [-0.39, 0.29) is 17.2 Å². The van der Waals surface area contributed by atoms with Gasteiger partial charge in [-0.15, -0.1) is 11.3 Å². The number of aryl methyl sites for hydroxylation is 2. The smallest absolute Gasteiger partial charge is 0.263 e. The Labute approximate surface area is 205 Å². The summed E-state index contributed by atoms with van der Waals surface area (Å²) < 4.78 is 12.2. The fourth-order valence-corrected chi connectivity index (χ4v) is 5.32. The Morgan fingerprint density at radius 1 is 1.21 bits per heavy atom. The highest BCUT2D eigenvalue weighted by molar-refractivity contribution is 7.99. The third-order valence-electron chi connectivity index (χ3n) is 5.33. The molecule has 0 bridgehead atoms. The average Bonchev–Trinajstić information content (AvgIpc) is 3.13. The van der Waals surface area contributed by atoms with Crippen molar-refractivity contribution in [1.29, 1.82) is 0 Å². The Balaban J connectivity index is 1.61. The molecular formula is C24H24N4O4S2. The summed E-state index contributed by atoms with van der Waals surface area (Å²) in [6.45, 7) is 4.24. The Bertz CT molecular complexity index is 1400. The lowest BCUT2D eigenvalue weighted by Crippen LogP contribution is -2.25. The summed E-state index contributed by atoms with van der Waals surface area (Å²) in [6, 6.07) is 8.90. The minimum atomic E-state index is -0.241. The minimum Gasteiger partial charge on any atom is -0.497 e. The summed E-state index contributed by atoms with van der Waals surface area (Å²) in [7, 11) is 3.09. The molecule has 4 aromatic rings. The number of carbonyl (C=O) groups excluding carboxylic acids is 1. The molecule has 10 heteroatoms. The number of hydrogen-bond acceptors (Lipinski definition) is 8. The highest BCUT2D eigenvalue weighted by atomic mass is 32.2. The Hall–Kier alpha value is -3.37. The molecule has 8 nitrogen and oxygen atoms in total. The molecule has 0 radical (unpaired) electrons. The van der Waals surface area contributed by atoms with Crippen molar-refractivity contribution in [3.8, 4) is 11.5 Å². The van der Waals surface area contributed by atoms with Crippen molar-refractivity contribution in [2.45, 2.75) is 25.5 Å². The zero-order chi connectivity index (χ0) is 24.2. The van der Waals surface area contributed by atoms with Crippen molar-refractivity contribution in [2.75, 3.05) is 25.3 Å². The summed E-state index contributed by atoms with van der Waals surface area (Å²) in [5.41, 5.74) is 2.24. The summed E-state index contributed by atoms with van der Waals surface area (Å²) >= 11 is 2.71. The first-order chi connectivity index (χ1) is 16.4. The number of methoxy groups -OCH3 is 2. The molecular weight excluding hydrogens is 472 g/mol. The van der Waals surface area contributed by atoms with Crippen LogP contribution in [0.25, 0.3) is 10.2 Å². The number of fused-ring (bicyclic) bond motifs is 1. The van der Waals surface area contributed by atoms with Crippen molar-refractivity contribution in [1.82, 2.24) is 14.5 Å². The highest BCUT2D eigenvalue weighted by Gasteiger charge is 2.18. The van der Waals surface area contributed by atoms with Crippen molar-refractivity contribution in [3.05, 3.63) is 69.1 Å². The van der Waals surface area contributed by atoms with Crippen molar-refractivity contribution in [2.24, 2.45) is 0 Å². The maximum absolute atomic E-state index is 13.4. The fraction of sp³-hybridized carbons (Fsp3) is 0.250. The summed E-state index contributed by atoms with van der Waals surface area (Å²) in [6.07, 6.45) is 3.41. The van der Waals surface area contributed by atoms with Gasteiger partial charge >= 0.3 is 0 Å². The molecule has 0 aliphatic heterocycles. The van der Waals surface area contributed by atoms with Crippen LogP contribution in [0, 0.1) is 13.8 Å². The molecule has 0 fully saturated rings. The zero-order valence-corrected chi connectivity index (χ0v) is 20.9. The topological polar surface area (TPSA) is 95.3 Å². The monoisotopic (exact) mass is 496 g/mol. The predicted molar refractivity (Wildman–Crippen MR) is 136 cm³/mol. The number of carbonyl (C=O) groups is 1. The largest absolute Gasteiger partial charge is 0.497 e. The molecule has 0 saturated carbocycles. The van der Waals surface area contributed by atoms with Gasteiger partial charge in [0.05, 0.1) is 37.6 Å². The molecule has 3 aromatic heterocycles. The lowest BCUT2D eigenvalue weighted by Gasteiger charge is -2.13. The number of ether oxygens (including phenoxy) is 2. The van der Waals surface area contributed by atoms with E-state index < -0.39 is 0 Å². The Morgan fingerprint density at radius 2 is 2.03 bits per heavy atom. The van der Waals surface area contributed by atoms with Gasteiger partial charge in [0.15, 0.2) is 5.16 Å². The predicted octanol–water partition coefficient (Wildman–Crippen LogP) is 4.27. The zero-order valence-electron chi connectivity index (χ0n) is 19.2. The molecule has 0 aliphatic rings. The van der Waals surface area contributed by atoms with E-state index in [4.69, 9.17) is 14.5 Å². The molecule has 0 spiro atoms. The van der Waals surface area contributed by atoms with Crippen molar-refractivity contribution >= 4 is 44.9 Å². The lowest BCUT2D eigenvalue weighted by molar-refractivity contribution is -0.113. The minimum absolute atomic E-state index is 0.0729. The number of anilines is 1. The molecule has 0 aliphatic carbocycles. The second-order valence-corrected chi connectivity index (χ2v) is 9.66. The van der Waals surface area contributed by atoms with Gasteiger partial charge in [0, 0.05) is 23.3 Å². The third kappa shape index (κ3) is 4.92. The van der Waals surface area contributed by atoms with Gasteiger partial charge in [0.25, 0.3) is 5.56 Å². The number of aromatic nitrogens is 3. The van der Waals surface area contributed by atoms with Crippen LogP contribution in [0.3, 0.4) is 0 Å². The Kier molecular flexibility index (Phi) is 7.18. The van der Waals surface area contributed by atoms with Gasteiger partial charge < -0.3 is 14.8 Å². The van der Waals surface area contributed by atoms with E-state index >= 15 is 0 Å². The number of nitrogens with one attached hydrogen (secondary N) is 1. The van der Waals surface area contributed by atoms with E-state index in [1.807, 2.05) is 26.0 Å². The van der Waals surface area contributed by atoms with Gasteiger partial charge in [-0.25, -0.2) is 4.98 Å². The van der Waals surface area contributed by atoms with Crippen LogP contribution in [-0.2, 0) is 11.3 Å². The molecule has 3 heterocycles. The number of benzene rings is 1. The average molecular weight is 497 g/mol. The van der Waals surface area contributed by atoms with E-state index in [1.165, 1.54) is 30.2 Å². The quantitative estimate of drug-likeness (QED) is 0.288. The van der Waals surface area contributed by atoms with Crippen LogP contribution in [0.5, 0.6) is 11.5 Å². The normalized spacial score (nSPS) is 10.9. The SMILES string of the molecule is COc1ccc(NC(=O)CSc2nc3sc(C)c(C)c3c(=O)n2Cc2cccnc2)c(OC)c1. The summed E-state index contributed by atoms with van der Waals surface area (Å²) in [4.78, 5) is 36.8. The van der Waals surface area contributed by atoms with Gasteiger partial charge in [-0.3, -0.25) is 19.1 Å². The third-order valence-corrected chi connectivity index (χ3v) is 7.41. The van der Waals surface area contributed by atoms with Crippen LogP contribution in [0.1, 0.15) is 16.0 Å². The first kappa shape index (κ1) is 23.8. The molecule has 1 amide bonds. The van der Waals surface area contributed by atoms with Crippen LogP contribution in [0.15, 0.2) is 52.7 Å². The van der Waals surface area contributed by atoms with Crippen LogP contribution in [-0.4, -0.2) is 40.4 Å². The van der Waals surface area contributed by atoms with Gasteiger partial charge in [-0.2, -0.15) is 0 Å². The molecule has 0 saturated heterocycles. The summed E-state index contributed by atoms with van der Waals surface area (Å²) in [5.74, 6) is 0.955. The van der Waals surface area contributed by atoms with E-state index in [2.05, 4.69) is 10.3 Å². The number of nitrogens with zero attached hydrogens (tertiary/aromatic N) is 3. The Morgan fingerprint density at radius 3 is 2.74 bits per heavy atom. The standard InChI is InChI=1S/C24H24N4O4S2/c1-14-15(2)34-22-21(14)23(30)28(12-16-6-5-9-25-11-16)24(27-22)33-13-20(29)26-18-8-7-17(31-3)10-19(18)32-4/h5-11H,12-13H2,1-4H3,(H,26,29). The van der Waals surface area contributed by atoms with Crippen molar-refractivity contribution < 1.29 is 14.3 Å². The van der Waals surface area contributed by atoms with Crippen LogP contribution >= 0.6 is 23.1 Å². The van der Waals surface area contributed by atoms with E-state index in [9.17, 15) is 9.59 Å². The highest BCUT2D eigenvalue weighted by Crippen LogP contribution is 2.30. The molecule has 176 valence electrons. The van der Waals surface area contributed by atoms with Crippen LogP contribution in [0.2, 0.25) is 0 Å². The maximum atomic E-state index is 13.4.